The van der Waals surface area contributed by atoms with Gasteiger partial charge in [0.2, 0.25) is 0 Å². The Labute approximate surface area is 124 Å². The van der Waals surface area contributed by atoms with Crippen molar-refractivity contribution in [2.45, 2.75) is 17.7 Å². The predicted molar refractivity (Wildman–Crippen MR) is 80.5 cm³/mol. The Hall–Kier alpha value is -2.32. The molecule has 0 aliphatic carbocycles. The monoisotopic (exact) mass is 298 g/mol. The van der Waals surface area contributed by atoms with Crippen LogP contribution in [0.1, 0.15) is 17.5 Å². The van der Waals surface area contributed by atoms with Gasteiger partial charge in [-0.1, -0.05) is 30.3 Å². The zero-order chi connectivity index (χ0) is 14.9. The maximum absolute atomic E-state index is 12.9. The van der Waals surface area contributed by atoms with E-state index in [9.17, 15) is 8.42 Å². The first-order valence-corrected chi connectivity index (χ1v) is 8.18. The molecule has 0 atom stereocenters. The zero-order valence-electron chi connectivity index (χ0n) is 11.4. The maximum Gasteiger partial charge on any atom is 0.265 e. The van der Waals surface area contributed by atoms with Crippen LogP contribution in [0.25, 0.3) is 0 Å². The molecule has 0 saturated heterocycles. The van der Waals surface area contributed by atoms with Gasteiger partial charge in [-0.05, 0) is 36.6 Å². The first-order valence-electron chi connectivity index (χ1n) is 6.74. The number of para-hydroxylation sites is 1. The number of fused-ring (bicyclic) bond motifs is 1. The van der Waals surface area contributed by atoms with Gasteiger partial charge in [-0.25, -0.2) is 8.42 Å². The lowest BCUT2D eigenvalue weighted by Crippen LogP contribution is -2.35. The topological polar surface area (TPSA) is 61.2 Å². The van der Waals surface area contributed by atoms with Crippen molar-refractivity contribution in [2.75, 3.05) is 10.8 Å². The van der Waals surface area contributed by atoms with Crippen LogP contribution in [0.3, 0.4) is 0 Å². The summed E-state index contributed by atoms with van der Waals surface area (Å²) in [6, 6.07) is 15.8. The van der Waals surface area contributed by atoms with Gasteiger partial charge in [0.05, 0.1) is 11.3 Å². The number of benzene rings is 2. The highest BCUT2D eigenvalue weighted by Crippen LogP contribution is 2.32. The molecule has 106 valence electrons. The van der Waals surface area contributed by atoms with E-state index in [4.69, 9.17) is 5.26 Å². The highest BCUT2D eigenvalue weighted by Gasteiger charge is 2.30. The first-order chi connectivity index (χ1) is 10.1. The van der Waals surface area contributed by atoms with Crippen LogP contribution in [0.2, 0.25) is 0 Å². The number of sulfonamides is 1. The van der Waals surface area contributed by atoms with Crippen molar-refractivity contribution in [2.24, 2.45) is 0 Å². The minimum Gasteiger partial charge on any atom is -0.266 e. The summed E-state index contributed by atoms with van der Waals surface area (Å²) in [5.74, 6) is 0. The Morgan fingerprint density at radius 1 is 1.05 bits per heavy atom. The molecule has 2 aromatic carbocycles. The first kappa shape index (κ1) is 13.7. The molecule has 4 nitrogen and oxygen atoms in total. The van der Waals surface area contributed by atoms with E-state index < -0.39 is 10.0 Å². The van der Waals surface area contributed by atoms with E-state index in [0.29, 0.717) is 6.54 Å². The summed E-state index contributed by atoms with van der Waals surface area (Å²) in [5.41, 5.74) is 1.93. The SMILES string of the molecule is N#Cc1ccccc1S(=O)(=O)N1CCCc2ccccc21. The summed E-state index contributed by atoms with van der Waals surface area (Å²) in [4.78, 5) is 0.0733. The van der Waals surface area contributed by atoms with Crippen LogP contribution in [-0.4, -0.2) is 15.0 Å². The molecule has 0 N–H and O–H groups in total. The van der Waals surface area contributed by atoms with Gasteiger partial charge < -0.3 is 0 Å². The van der Waals surface area contributed by atoms with Crippen LogP contribution < -0.4 is 4.31 Å². The van der Waals surface area contributed by atoms with Crippen molar-refractivity contribution >= 4 is 15.7 Å². The number of hydrogen-bond donors (Lipinski definition) is 0. The second-order valence-corrected chi connectivity index (χ2v) is 6.75. The molecule has 1 aliphatic heterocycles. The molecular weight excluding hydrogens is 284 g/mol. The average Bonchev–Trinajstić information content (AvgIpc) is 2.54. The molecule has 0 unspecified atom stereocenters. The average molecular weight is 298 g/mol. The molecule has 0 aromatic heterocycles. The fourth-order valence-electron chi connectivity index (χ4n) is 2.65. The van der Waals surface area contributed by atoms with E-state index in [1.54, 1.807) is 12.1 Å². The molecule has 1 heterocycles. The fourth-order valence-corrected chi connectivity index (χ4v) is 4.34. The summed E-state index contributed by atoms with van der Waals surface area (Å²) in [6.07, 6.45) is 1.66. The van der Waals surface area contributed by atoms with E-state index in [1.165, 1.54) is 16.4 Å². The Kier molecular flexibility index (Phi) is 3.40. The quantitative estimate of drug-likeness (QED) is 0.856. The number of hydrogen-bond acceptors (Lipinski definition) is 3. The van der Waals surface area contributed by atoms with E-state index in [0.717, 1.165) is 24.1 Å². The fraction of sp³-hybridized carbons (Fsp3) is 0.188. The van der Waals surface area contributed by atoms with Crippen LogP contribution in [0.15, 0.2) is 53.4 Å². The summed E-state index contributed by atoms with van der Waals surface area (Å²) in [6.45, 7) is 0.444. The molecule has 5 heteroatoms. The summed E-state index contributed by atoms with van der Waals surface area (Å²) in [7, 11) is -3.71. The van der Waals surface area contributed by atoms with Crippen molar-refractivity contribution in [3.63, 3.8) is 0 Å². The number of anilines is 1. The minimum absolute atomic E-state index is 0.0733. The second kappa shape index (κ2) is 5.23. The Morgan fingerprint density at radius 2 is 1.76 bits per heavy atom. The van der Waals surface area contributed by atoms with Gasteiger partial charge in [-0.2, -0.15) is 5.26 Å². The van der Waals surface area contributed by atoms with Crippen LogP contribution in [-0.2, 0) is 16.4 Å². The van der Waals surface area contributed by atoms with Crippen molar-refractivity contribution in [1.82, 2.24) is 0 Å². The highest BCUT2D eigenvalue weighted by atomic mass is 32.2. The van der Waals surface area contributed by atoms with Gasteiger partial charge in [0.15, 0.2) is 0 Å². The van der Waals surface area contributed by atoms with E-state index >= 15 is 0 Å². The van der Waals surface area contributed by atoms with Crippen molar-refractivity contribution < 1.29 is 8.42 Å². The Balaban J connectivity index is 2.15. The van der Waals surface area contributed by atoms with Gasteiger partial charge in [-0.3, -0.25) is 4.31 Å². The highest BCUT2D eigenvalue weighted by molar-refractivity contribution is 7.92. The zero-order valence-corrected chi connectivity index (χ0v) is 12.2. The predicted octanol–water partition coefficient (Wildman–Crippen LogP) is 2.70. The lowest BCUT2D eigenvalue weighted by Gasteiger charge is -2.30. The van der Waals surface area contributed by atoms with Crippen LogP contribution in [0, 0.1) is 11.3 Å². The molecule has 0 saturated carbocycles. The normalized spacial score (nSPS) is 14.3. The van der Waals surface area contributed by atoms with Crippen LogP contribution in [0.5, 0.6) is 0 Å². The minimum atomic E-state index is -3.71. The lowest BCUT2D eigenvalue weighted by atomic mass is 10.0. The molecule has 2 aromatic rings. The van der Waals surface area contributed by atoms with E-state index in [1.807, 2.05) is 30.3 Å². The van der Waals surface area contributed by atoms with Crippen molar-refractivity contribution in [1.29, 1.82) is 5.26 Å². The van der Waals surface area contributed by atoms with Gasteiger partial charge in [0.25, 0.3) is 10.0 Å². The van der Waals surface area contributed by atoms with Gasteiger partial charge in [0, 0.05) is 6.54 Å². The summed E-state index contributed by atoms with van der Waals surface area (Å²) in [5, 5.41) is 9.14. The smallest absolute Gasteiger partial charge is 0.265 e. The van der Waals surface area contributed by atoms with E-state index in [2.05, 4.69) is 0 Å². The molecule has 3 rings (SSSR count). The largest absolute Gasteiger partial charge is 0.266 e. The maximum atomic E-state index is 12.9. The van der Waals surface area contributed by atoms with Crippen molar-refractivity contribution in [3.8, 4) is 6.07 Å². The number of nitriles is 1. The van der Waals surface area contributed by atoms with E-state index in [-0.39, 0.29) is 10.5 Å². The van der Waals surface area contributed by atoms with Gasteiger partial charge in [-0.15, -0.1) is 0 Å². The molecule has 0 bridgehead atoms. The summed E-state index contributed by atoms with van der Waals surface area (Å²) < 4.78 is 27.2. The Morgan fingerprint density at radius 3 is 2.57 bits per heavy atom. The van der Waals surface area contributed by atoms with Crippen LogP contribution in [0.4, 0.5) is 5.69 Å². The number of aryl methyl sites for hydroxylation is 1. The molecule has 1 aliphatic rings. The molecule has 0 radical (unpaired) electrons. The van der Waals surface area contributed by atoms with Crippen molar-refractivity contribution in [3.05, 3.63) is 59.7 Å². The molecule has 0 amide bonds. The number of rotatable bonds is 2. The molecule has 0 fully saturated rings. The molecule has 21 heavy (non-hydrogen) atoms. The molecule has 0 spiro atoms. The third kappa shape index (κ3) is 2.28. The third-order valence-corrected chi connectivity index (χ3v) is 5.51. The van der Waals surface area contributed by atoms with Gasteiger partial charge in [0.1, 0.15) is 11.0 Å². The number of nitrogens with zero attached hydrogens (tertiary/aromatic N) is 2. The summed E-state index contributed by atoms with van der Waals surface area (Å²) >= 11 is 0. The lowest BCUT2D eigenvalue weighted by molar-refractivity contribution is 0.586. The standard InChI is InChI=1S/C16H14N2O2S/c17-12-14-7-2-4-10-16(14)21(19,20)18-11-5-8-13-6-1-3-9-15(13)18/h1-4,6-7,9-10H,5,8,11H2. The van der Waals surface area contributed by atoms with Gasteiger partial charge >= 0.3 is 0 Å². The second-order valence-electron chi connectivity index (χ2n) is 4.92. The molecular formula is C16H14N2O2S. The Bertz CT molecular complexity index is 822. The third-order valence-electron chi connectivity index (χ3n) is 3.64. The van der Waals surface area contributed by atoms with Crippen LogP contribution >= 0.6 is 0 Å².